The van der Waals surface area contributed by atoms with Crippen molar-refractivity contribution in [2.75, 3.05) is 26.2 Å². The minimum Gasteiger partial charge on any atom is -0.350 e. The third-order valence-corrected chi connectivity index (χ3v) is 7.33. The number of rotatable bonds is 15. The number of fused-ring (bicyclic) bond motifs is 1. The molecule has 2 unspecified atom stereocenters. The van der Waals surface area contributed by atoms with Gasteiger partial charge in [-0.3, -0.25) is 24.2 Å². The number of benzene rings is 3. The Morgan fingerprint density at radius 2 is 1.40 bits per heavy atom. The van der Waals surface area contributed by atoms with E-state index in [1.54, 1.807) is 42.6 Å². The Hall–Kier alpha value is -4.97. The maximum absolute atomic E-state index is 13.5. The largest absolute Gasteiger partial charge is 0.350 e. The van der Waals surface area contributed by atoms with Crippen LogP contribution in [0.4, 0.5) is 0 Å². The maximum atomic E-state index is 13.5. The van der Waals surface area contributed by atoms with Gasteiger partial charge in [0.25, 0.3) is 0 Å². The van der Waals surface area contributed by atoms with E-state index in [2.05, 4.69) is 15.6 Å². The normalized spacial score (nSPS) is 12.2. The molecule has 0 aliphatic carbocycles. The number of hydrogen-bond acceptors (Lipinski definition) is 8. The molecule has 0 saturated heterocycles. The summed E-state index contributed by atoms with van der Waals surface area (Å²) in [6.07, 6.45) is 1.55. The Labute approximate surface area is 262 Å². The standard InChI is InChI=1S/C34H39N7O4/c35-14-16-41(17-15-36)31(42)20-29(37)33(44)40-30(19-28-18-26-8-4-5-9-27(26)22-38-28)34(45)39-21-23-10-12-25(13-11-23)32(43)24-6-2-1-3-7-24/h1-13,18,22,29-30H,14-17,19-21,35-37H2,(H,39,45)(H,40,44). The highest BCUT2D eigenvalue weighted by atomic mass is 16.2. The number of nitrogens with zero attached hydrogens (tertiary/aromatic N) is 2. The Kier molecular flexibility index (Phi) is 11.9. The molecule has 0 saturated carbocycles. The minimum atomic E-state index is -1.19. The molecule has 3 amide bonds. The van der Waals surface area contributed by atoms with Crippen LogP contribution in [-0.4, -0.2) is 71.7 Å². The van der Waals surface area contributed by atoms with E-state index < -0.39 is 23.9 Å². The van der Waals surface area contributed by atoms with E-state index in [4.69, 9.17) is 17.2 Å². The van der Waals surface area contributed by atoms with Gasteiger partial charge in [0.05, 0.1) is 12.5 Å². The predicted octanol–water partition coefficient (Wildman–Crippen LogP) is 1.27. The van der Waals surface area contributed by atoms with Crippen molar-refractivity contribution in [1.29, 1.82) is 0 Å². The summed E-state index contributed by atoms with van der Waals surface area (Å²) >= 11 is 0. The van der Waals surface area contributed by atoms with E-state index in [0.29, 0.717) is 29.9 Å². The van der Waals surface area contributed by atoms with Crippen LogP contribution in [0.25, 0.3) is 10.8 Å². The van der Waals surface area contributed by atoms with E-state index >= 15 is 0 Å². The zero-order valence-electron chi connectivity index (χ0n) is 25.0. The second-order valence-electron chi connectivity index (χ2n) is 10.7. The molecule has 2 atom stereocenters. The van der Waals surface area contributed by atoms with Gasteiger partial charge in [0.1, 0.15) is 6.04 Å². The highest BCUT2D eigenvalue weighted by Gasteiger charge is 2.27. The second kappa shape index (κ2) is 16.2. The highest BCUT2D eigenvalue weighted by Crippen LogP contribution is 2.15. The molecule has 8 N–H and O–H groups in total. The molecule has 234 valence electrons. The van der Waals surface area contributed by atoms with Crippen LogP contribution in [0, 0.1) is 0 Å². The van der Waals surface area contributed by atoms with E-state index in [9.17, 15) is 19.2 Å². The van der Waals surface area contributed by atoms with E-state index in [1.807, 2.05) is 48.5 Å². The molecule has 3 aromatic carbocycles. The van der Waals surface area contributed by atoms with Crippen molar-refractivity contribution in [2.24, 2.45) is 17.2 Å². The molecule has 0 radical (unpaired) electrons. The number of aromatic nitrogens is 1. The molecule has 0 spiro atoms. The molecular formula is C34H39N7O4. The first-order valence-electron chi connectivity index (χ1n) is 14.8. The van der Waals surface area contributed by atoms with Crippen LogP contribution < -0.4 is 27.8 Å². The second-order valence-corrected chi connectivity index (χ2v) is 10.7. The Morgan fingerprint density at radius 1 is 0.778 bits per heavy atom. The number of amides is 3. The number of nitrogens with one attached hydrogen (secondary N) is 2. The van der Waals surface area contributed by atoms with Crippen LogP contribution >= 0.6 is 0 Å². The van der Waals surface area contributed by atoms with E-state index in [0.717, 1.165) is 16.3 Å². The predicted molar refractivity (Wildman–Crippen MR) is 173 cm³/mol. The van der Waals surface area contributed by atoms with E-state index in [1.165, 1.54) is 4.90 Å². The van der Waals surface area contributed by atoms with Gasteiger partial charge in [-0.1, -0.05) is 78.9 Å². The van der Waals surface area contributed by atoms with Crippen LogP contribution in [0.2, 0.25) is 0 Å². The summed E-state index contributed by atoms with van der Waals surface area (Å²) in [4.78, 5) is 58.0. The molecule has 0 bridgehead atoms. The number of pyridine rings is 1. The molecule has 0 aliphatic rings. The number of ketones is 1. The lowest BCUT2D eigenvalue weighted by molar-refractivity contribution is -0.135. The number of nitrogens with two attached hydrogens (primary N) is 3. The van der Waals surface area contributed by atoms with Crippen molar-refractivity contribution < 1.29 is 19.2 Å². The van der Waals surface area contributed by atoms with Crippen molar-refractivity contribution in [1.82, 2.24) is 20.5 Å². The first kappa shape index (κ1) is 32.9. The van der Waals surface area contributed by atoms with Gasteiger partial charge in [-0.05, 0) is 17.0 Å². The van der Waals surface area contributed by atoms with Gasteiger partial charge in [0.2, 0.25) is 17.7 Å². The highest BCUT2D eigenvalue weighted by molar-refractivity contribution is 6.09. The van der Waals surface area contributed by atoms with Crippen LogP contribution in [-0.2, 0) is 27.3 Å². The summed E-state index contributed by atoms with van der Waals surface area (Å²) in [5.41, 5.74) is 19.8. The van der Waals surface area contributed by atoms with Gasteiger partial charge < -0.3 is 32.7 Å². The quantitative estimate of drug-likeness (QED) is 0.125. The van der Waals surface area contributed by atoms with Crippen LogP contribution in [0.5, 0.6) is 0 Å². The van der Waals surface area contributed by atoms with Crippen LogP contribution in [0.15, 0.2) is 91.1 Å². The third kappa shape index (κ3) is 9.26. The summed E-state index contributed by atoms with van der Waals surface area (Å²) < 4.78 is 0. The molecule has 4 rings (SSSR count). The van der Waals surface area contributed by atoms with Crippen LogP contribution in [0.1, 0.15) is 33.6 Å². The lowest BCUT2D eigenvalue weighted by atomic mass is 10.0. The van der Waals surface area contributed by atoms with Crippen molar-refractivity contribution in [3.8, 4) is 0 Å². The maximum Gasteiger partial charge on any atom is 0.243 e. The van der Waals surface area contributed by atoms with Crippen LogP contribution in [0.3, 0.4) is 0 Å². The monoisotopic (exact) mass is 609 g/mol. The fourth-order valence-electron chi connectivity index (χ4n) is 4.86. The van der Waals surface area contributed by atoms with Gasteiger partial charge in [-0.2, -0.15) is 0 Å². The molecule has 1 heterocycles. The Morgan fingerprint density at radius 3 is 2.07 bits per heavy atom. The molecule has 11 heteroatoms. The molecule has 0 aliphatic heterocycles. The SMILES string of the molecule is NCCN(CCN)C(=O)CC(N)C(=O)NC(Cc1cc2ccccc2cn1)C(=O)NCc1ccc(C(=O)c2ccccc2)cc1. The Balaban J connectivity index is 1.45. The lowest BCUT2D eigenvalue weighted by Crippen LogP contribution is -2.53. The minimum absolute atomic E-state index is 0.0964. The van der Waals surface area contributed by atoms with Gasteiger partial charge in [0.15, 0.2) is 5.78 Å². The summed E-state index contributed by atoms with van der Waals surface area (Å²) in [7, 11) is 0. The first-order chi connectivity index (χ1) is 21.8. The first-order valence-corrected chi connectivity index (χ1v) is 14.8. The summed E-state index contributed by atoms with van der Waals surface area (Å²) in [6, 6.07) is 23.3. The van der Waals surface area contributed by atoms with Crippen molar-refractivity contribution in [2.45, 2.75) is 31.5 Å². The van der Waals surface area contributed by atoms with Gasteiger partial charge in [-0.15, -0.1) is 0 Å². The molecule has 45 heavy (non-hydrogen) atoms. The fourth-order valence-corrected chi connectivity index (χ4v) is 4.86. The molecule has 1 aromatic heterocycles. The zero-order chi connectivity index (χ0) is 32.2. The van der Waals surface area contributed by atoms with Crippen molar-refractivity contribution in [3.05, 3.63) is 114 Å². The number of carbonyl (C=O) groups is 4. The molecule has 0 fully saturated rings. The molecule has 11 nitrogen and oxygen atoms in total. The average molecular weight is 610 g/mol. The van der Waals surface area contributed by atoms with Gasteiger partial charge in [-0.25, -0.2) is 0 Å². The smallest absolute Gasteiger partial charge is 0.243 e. The fraction of sp³-hybridized carbons (Fsp3) is 0.265. The zero-order valence-corrected chi connectivity index (χ0v) is 25.0. The summed E-state index contributed by atoms with van der Waals surface area (Å²) in [6.45, 7) is 1.25. The Bertz CT molecular complexity index is 1610. The van der Waals surface area contributed by atoms with Gasteiger partial charge in [0, 0.05) is 67.5 Å². The average Bonchev–Trinajstić information content (AvgIpc) is 3.07. The molecule has 4 aromatic rings. The van der Waals surface area contributed by atoms with Crippen molar-refractivity contribution in [3.63, 3.8) is 0 Å². The number of hydrogen-bond donors (Lipinski definition) is 5. The lowest BCUT2D eigenvalue weighted by Gasteiger charge is -2.24. The third-order valence-electron chi connectivity index (χ3n) is 7.33. The summed E-state index contributed by atoms with van der Waals surface area (Å²) in [5.74, 6) is -1.54. The topological polar surface area (TPSA) is 187 Å². The molecular weight excluding hydrogens is 570 g/mol. The van der Waals surface area contributed by atoms with E-state index in [-0.39, 0.29) is 44.2 Å². The number of carbonyl (C=O) groups excluding carboxylic acids is 4. The summed E-state index contributed by atoms with van der Waals surface area (Å²) in [5, 5.41) is 7.47. The van der Waals surface area contributed by atoms with Crippen molar-refractivity contribution >= 4 is 34.3 Å². The van der Waals surface area contributed by atoms with Gasteiger partial charge >= 0.3 is 0 Å².